The Morgan fingerprint density at radius 2 is 2.22 bits per heavy atom. The second-order valence-corrected chi connectivity index (χ2v) is 6.59. The number of benzene rings is 1. The molecule has 18 heavy (non-hydrogen) atoms. The molecule has 2 aromatic rings. The fraction of sp³-hybridized carbons (Fsp3) is 0.462. The van der Waals surface area contributed by atoms with Crippen molar-refractivity contribution in [2.75, 3.05) is 5.88 Å². The Balaban J connectivity index is 2.27. The van der Waals surface area contributed by atoms with E-state index in [1.807, 2.05) is 28.7 Å². The van der Waals surface area contributed by atoms with Gasteiger partial charge in [-0.2, -0.15) is 0 Å². The molecular weight excluding hydrogens is 366 g/mol. The first-order chi connectivity index (χ1) is 8.55. The van der Waals surface area contributed by atoms with E-state index in [4.69, 9.17) is 11.6 Å². The minimum atomic E-state index is -0.175. The van der Waals surface area contributed by atoms with E-state index in [-0.39, 0.29) is 11.4 Å². The van der Waals surface area contributed by atoms with Crippen LogP contribution in [0, 0.1) is 9.39 Å². The third-order valence-electron chi connectivity index (χ3n) is 3.60. The normalized spacial score (nSPS) is 17.3. The number of hydrogen-bond donors (Lipinski definition) is 0. The van der Waals surface area contributed by atoms with Gasteiger partial charge in [-0.25, -0.2) is 9.37 Å². The number of rotatable bonds is 3. The molecule has 1 aromatic heterocycles. The lowest BCUT2D eigenvalue weighted by Gasteiger charge is -2.15. The van der Waals surface area contributed by atoms with Crippen LogP contribution in [0.5, 0.6) is 0 Å². The van der Waals surface area contributed by atoms with Gasteiger partial charge in [0.1, 0.15) is 11.6 Å². The van der Waals surface area contributed by atoms with Gasteiger partial charge in [0.25, 0.3) is 0 Å². The molecule has 0 atom stereocenters. The molecule has 1 aromatic carbocycles. The Kier molecular flexibility index (Phi) is 3.05. The molecule has 0 spiro atoms. The van der Waals surface area contributed by atoms with E-state index in [0.29, 0.717) is 9.45 Å². The molecule has 0 N–H and O–H groups in total. The van der Waals surface area contributed by atoms with Crippen LogP contribution in [-0.4, -0.2) is 15.4 Å². The highest BCUT2D eigenvalue weighted by Gasteiger charge is 2.41. The van der Waals surface area contributed by atoms with E-state index in [1.54, 1.807) is 6.07 Å². The molecule has 1 heterocycles. The highest BCUT2D eigenvalue weighted by Crippen LogP contribution is 2.45. The van der Waals surface area contributed by atoms with E-state index < -0.39 is 0 Å². The zero-order valence-electron chi connectivity index (χ0n) is 10.0. The fourth-order valence-corrected chi connectivity index (χ4v) is 3.00. The number of fused-ring (bicyclic) bond motifs is 1. The minimum absolute atomic E-state index is 0.107. The molecule has 1 fully saturated rings. The van der Waals surface area contributed by atoms with E-state index in [1.165, 1.54) is 0 Å². The van der Waals surface area contributed by atoms with Gasteiger partial charge in [-0.3, -0.25) is 0 Å². The van der Waals surface area contributed by atoms with E-state index in [9.17, 15) is 4.39 Å². The zero-order valence-corrected chi connectivity index (χ0v) is 12.9. The van der Waals surface area contributed by atoms with Crippen LogP contribution in [0.25, 0.3) is 11.0 Å². The van der Waals surface area contributed by atoms with Gasteiger partial charge in [0.05, 0.1) is 14.6 Å². The number of imidazole rings is 1. The zero-order chi connectivity index (χ0) is 12.9. The Bertz CT molecular complexity index is 619. The second kappa shape index (κ2) is 4.34. The molecule has 0 radical (unpaired) electrons. The van der Waals surface area contributed by atoms with E-state index in [2.05, 4.69) is 16.5 Å². The van der Waals surface area contributed by atoms with Crippen molar-refractivity contribution in [1.29, 1.82) is 0 Å². The van der Waals surface area contributed by atoms with Crippen molar-refractivity contribution in [1.82, 2.24) is 9.55 Å². The molecule has 2 nitrogen and oxygen atoms in total. The van der Waals surface area contributed by atoms with Gasteiger partial charge < -0.3 is 4.57 Å². The first kappa shape index (κ1) is 12.7. The van der Waals surface area contributed by atoms with Crippen molar-refractivity contribution < 1.29 is 4.39 Å². The van der Waals surface area contributed by atoms with Crippen molar-refractivity contribution in [3.63, 3.8) is 0 Å². The lowest BCUT2D eigenvalue weighted by atomic mass is 10.2. The van der Waals surface area contributed by atoms with Crippen LogP contribution in [-0.2, 0) is 12.0 Å². The van der Waals surface area contributed by atoms with Crippen LogP contribution in [0.3, 0.4) is 0 Å². The molecular formula is C13H13ClFIN2. The maximum Gasteiger partial charge on any atom is 0.138 e. The molecule has 96 valence electrons. The number of aromatic nitrogens is 2. The molecule has 0 saturated heterocycles. The SMILES string of the molecule is CC1(n2c(CCCl)nc3cc(I)c(F)cc32)CC1. The van der Waals surface area contributed by atoms with E-state index >= 15 is 0 Å². The number of aryl methyl sites for hydroxylation is 1. The Labute approximate surface area is 124 Å². The summed E-state index contributed by atoms with van der Waals surface area (Å²) in [4.78, 5) is 4.62. The standard InChI is InChI=1S/C13H13ClFIN2/c1-13(3-4-13)18-11-6-8(15)9(16)7-10(11)17-12(18)2-5-14/h6-7H,2-5H2,1H3. The molecule has 0 amide bonds. The largest absolute Gasteiger partial charge is 0.322 e. The van der Waals surface area contributed by atoms with Crippen LogP contribution in [0.15, 0.2) is 12.1 Å². The van der Waals surface area contributed by atoms with Gasteiger partial charge >= 0.3 is 0 Å². The van der Waals surface area contributed by atoms with Crippen LogP contribution in [0.1, 0.15) is 25.6 Å². The quantitative estimate of drug-likeness (QED) is 0.581. The number of hydrogen-bond acceptors (Lipinski definition) is 1. The van der Waals surface area contributed by atoms with E-state index in [0.717, 1.165) is 36.1 Å². The van der Waals surface area contributed by atoms with Gasteiger partial charge in [0.15, 0.2) is 0 Å². The summed E-state index contributed by atoms with van der Waals surface area (Å²) in [7, 11) is 0. The lowest BCUT2D eigenvalue weighted by Crippen LogP contribution is -2.16. The molecule has 1 aliphatic rings. The summed E-state index contributed by atoms with van der Waals surface area (Å²) in [6, 6.07) is 3.41. The average molecular weight is 379 g/mol. The number of alkyl halides is 1. The lowest BCUT2D eigenvalue weighted by molar-refractivity contribution is 0.524. The van der Waals surface area contributed by atoms with Crippen molar-refractivity contribution in [2.45, 2.75) is 31.7 Å². The predicted molar refractivity (Wildman–Crippen MR) is 79.7 cm³/mol. The van der Waals surface area contributed by atoms with Gasteiger partial charge in [-0.15, -0.1) is 11.6 Å². The Morgan fingerprint density at radius 3 is 2.83 bits per heavy atom. The molecule has 1 aliphatic carbocycles. The topological polar surface area (TPSA) is 17.8 Å². The Hall–Kier alpha value is -0.360. The maximum absolute atomic E-state index is 13.8. The van der Waals surface area contributed by atoms with Crippen molar-refractivity contribution in [3.05, 3.63) is 27.3 Å². The first-order valence-corrected chi connectivity index (χ1v) is 7.59. The van der Waals surface area contributed by atoms with Crippen LogP contribution < -0.4 is 0 Å². The smallest absolute Gasteiger partial charge is 0.138 e. The highest BCUT2D eigenvalue weighted by molar-refractivity contribution is 14.1. The summed E-state index contributed by atoms with van der Waals surface area (Å²) in [6.07, 6.45) is 2.98. The number of halogens is 3. The summed E-state index contributed by atoms with van der Waals surface area (Å²) in [6.45, 7) is 2.20. The Morgan fingerprint density at radius 1 is 1.50 bits per heavy atom. The second-order valence-electron chi connectivity index (χ2n) is 5.05. The molecule has 3 rings (SSSR count). The molecule has 5 heteroatoms. The number of nitrogens with zero attached hydrogens (tertiary/aromatic N) is 2. The monoisotopic (exact) mass is 378 g/mol. The third-order valence-corrected chi connectivity index (χ3v) is 4.61. The third kappa shape index (κ3) is 1.93. The molecule has 0 unspecified atom stereocenters. The van der Waals surface area contributed by atoms with Gasteiger partial charge in [0.2, 0.25) is 0 Å². The van der Waals surface area contributed by atoms with Crippen LogP contribution in [0.4, 0.5) is 4.39 Å². The highest BCUT2D eigenvalue weighted by atomic mass is 127. The molecule has 1 saturated carbocycles. The van der Waals surface area contributed by atoms with Crippen LogP contribution in [0.2, 0.25) is 0 Å². The summed E-state index contributed by atoms with van der Waals surface area (Å²) in [5.74, 6) is 1.34. The first-order valence-electron chi connectivity index (χ1n) is 5.98. The summed E-state index contributed by atoms with van der Waals surface area (Å²) < 4.78 is 16.6. The van der Waals surface area contributed by atoms with Gasteiger partial charge in [-0.05, 0) is 48.4 Å². The molecule has 0 aliphatic heterocycles. The summed E-state index contributed by atoms with van der Waals surface area (Å²) in [5, 5.41) is 0. The minimum Gasteiger partial charge on any atom is -0.322 e. The molecule has 0 bridgehead atoms. The summed E-state index contributed by atoms with van der Waals surface area (Å²) in [5.41, 5.74) is 1.87. The fourth-order valence-electron chi connectivity index (χ4n) is 2.38. The van der Waals surface area contributed by atoms with Gasteiger partial charge in [-0.1, -0.05) is 0 Å². The maximum atomic E-state index is 13.8. The summed E-state index contributed by atoms with van der Waals surface area (Å²) >= 11 is 7.84. The van der Waals surface area contributed by atoms with Crippen molar-refractivity contribution in [2.24, 2.45) is 0 Å². The predicted octanol–water partition coefficient (Wildman–Crippen LogP) is 4.07. The van der Waals surface area contributed by atoms with Crippen LogP contribution >= 0.6 is 34.2 Å². The van der Waals surface area contributed by atoms with Crippen molar-refractivity contribution >= 4 is 45.2 Å². The van der Waals surface area contributed by atoms with Gasteiger partial charge in [0, 0.05) is 23.9 Å². The van der Waals surface area contributed by atoms with Crippen molar-refractivity contribution in [3.8, 4) is 0 Å². The average Bonchev–Trinajstić information content (AvgIpc) is 2.94.